The van der Waals surface area contributed by atoms with E-state index in [1.54, 1.807) is 19.1 Å². The molecule has 0 fully saturated rings. The molecule has 0 aliphatic carbocycles. The van der Waals surface area contributed by atoms with E-state index in [4.69, 9.17) is 16.7 Å². The van der Waals surface area contributed by atoms with E-state index < -0.39 is 5.97 Å². The first-order valence-corrected chi connectivity index (χ1v) is 7.44. The van der Waals surface area contributed by atoms with E-state index in [9.17, 15) is 9.59 Å². The smallest absolute Gasteiger partial charge is 0.354 e. The first-order chi connectivity index (χ1) is 9.97. The van der Waals surface area contributed by atoms with Gasteiger partial charge in [-0.3, -0.25) is 4.79 Å². The van der Waals surface area contributed by atoms with E-state index in [0.29, 0.717) is 10.7 Å². The molecule has 3 N–H and O–H groups in total. The normalized spacial score (nSPS) is 10.4. The molecule has 0 saturated heterocycles. The van der Waals surface area contributed by atoms with Gasteiger partial charge in [0.15, 0.2) is 0 Å². The molecule has 7 heteroatoms. The predicted octanol–water partition coefficient (Wildman–Crippen LogP) is 3.41. The van der Waals surface area contributed by atoms with Gasteiger partial charge in [-0.25, -0.2) is 4.79 Å². The highest BCUT2D eigenvalue weighted by Crippen LogP contribution is 2.26. The number of carboxylic acid groups (broad SMARTS) is 1. The molecule has 1 aromatic carbocycles. The zero-order valence-corrected chi connectivity index (χ0v) is 12.7. The summed E-state index contributed by atoms with van der Waals surface area (Å²) in [5, 5.41) is 12.2. The molecule has 2 rings (SSSR count). The number of carbonyl (C=O) groups excluding carboxylic acids is 1. The number of aromatic nitrogens is 1. The molecule has 0 saturated carbocycles. The molecule has 2 aromatic rings. The summed E-state index contributed by atoms with van der Waals surface area (Å²) in [6.07, 6.45) is 0. The Morgan fingerprint density at radius 2 is 2.10 bits per heavy atom. The molecule has 110 valence electrons. The Hall–Kier alpha value is -1.92. The highest BCUT2D eigenvalue weighted by atomic mass is 35.5. The van der Waals surface area contributed by atoms with Crippen LogP contribution in [0.4, 0.5) is 5.69 Å². The molecule has 0 atom stereocenters. The van der Waals surface area contributed by atoms with Crippen molar-refractivity contribution in [3.63, 3.8) is 0 Å². The average molecular weight is 325 g/mol. The Bertz CT molecular complexity index is 685. The summed E-state index contributed by atoms with van der Waals surface area (Å²) in [4.78, 5) is 26.4. The standard InChI is InChI=1S/C14H13ClN2O3S/c1-8-6-10(13(16-8)14(19)20)17-12(18)7-21-11-5-3-2-4-9(11)15/h2-6,16H,7H2,1H3,(H,17,18)(H,19,20). The van der Waals surface area contributed by atoms with Crippen LogP contribution in [0.15, 0.2) is 35.2 Å². The van der Waals surface area contributed by atoms with Crippen molar-refractivity contribution in [3.05, 3.63) is 46.7 Å². The molecule has 0 radical (unpaired) electrons. The number of anilines is 1. The van der Waals surface area contributed by atoms with Gasteiger partial charge in [-0.1, -0.05) is 23.7 Å². The second-order valence-corrected chi connectivity index (χ2v) is 5.74. The highest BCUT2D eigenvalue weighted by molar-refractivity contribution is 8.00. The van der Waals surface area contributed by atoms with Crippen molar-refractivity contribution in [3.8, 4) is 0 Å². The Balaban J connectivity index is 1.99. The van der Waals surface area contributed by atoms with Gasteiger partial charge in [0, 0.05) is 10.6 Å². The SMILES string of the molecule is Cc1cc(NC(=O)CSc2ccccc2Cl)c(C(=O)O)[nH]1. The second kappa shape index (κ2) is 6.69. The number of rotatable bonds is 5. The minimum atomic E-state index is -1.11. The fraction of sp³-hybridized carbons (Fsp3) is 0.143. The highest BCUT2D eigenvalue weighted by Gasteiger charge is 2.15. The monoisotopic (exact) mass is 324 g/mol. The molecule has 0 unspecified atom stereocenters. The van der Waals surface area contributed by atoms with Gasteiger partial charge in [-0.15, -0.1) is 11.8 Å². The van der Waals surface area contributed by atoms with Gasteiger partial charge in [-0.2, -0.15) is 0 Å². The van der Waals surface area contributed by atoms with Gasteiger partial charge in [-0.05, 0) is 25.1 Å². The first-order valence-electron chi connectivity index (χ1n) is 6.07. The van der Waals surface area contributed by atoms with Crippen LogP contribution in [0.5, 0.6) is 0 Å². The summed E-state index contributed by atoms with van der Waals surface area (Å²) >= 11 is 7.30. The van der Waals surface area contributed by atoms with E-state index in [2.05, 4.69) is 10.3 Å². The zero-order chi connectivity index (χ0) is 15.4. The quantitative estimate of drug-likeness (QED) is 0.736. The number of H-pyrrole nitrogens is 1. The third kappa shape index (κ3) is 4.03. The van der Waals surface area contributed by atoms with Gasteiger partial charge < -0.3 is 15.4 Å². The molecular formula is C14H13ClN2O3S. The van der Waals surface area contributed by atoms with Crippen LogP contribution in [-0.2, 0) is 4.79 Å². The lowest BCUT2D eigenvalue weighted by Crippen LogP contribution is -2.15. The van der Waals surface area contributed by atoms with Crippen LogP contribution in [0.3, 0.4) is 0 Å². The van der Waals surface area contributed by atoms with E-state index in [1.165, 1.54) is 11.8 Å². The van der Waals surface area contributed by atoms with Crippen molar-refractivity contribution < 1.29 is 14.7 Å². The number of benzene rings is 1. The summed E-state index contributed by atoms with van der Waals surface area (Å²) in [6.45, 7) is 1.72. The van der Waals surface area contributed by atoms with Crippen LogP contribution < -0.4 is 5.32 Å². The van der Waals surface area contributed by atoms with Crippen molar-refractivity contribution in [1.29, 1.82) is 0 Å². The van der Waals surface area contributed by atoms with Gasteiger partial charge in [0.25, 0.3) is 0 Å². The van der Waals surface area contributed by atoms with Gasteiger partial charge in [0.1, 0.15) is 5.69 Å². The fourth-order valence-corrected chi connectivity index (χ4v) is 2.79. The minimum absolute atomic E-state index is 0.0245. The second-order valence-electron chi connectivity index (χ2n) is 4.31. The molecule has 1 heterocycles. The minimum Gasteiger partial charge on any atom is -0.477 e. The third-order valence-electron chi connectivity index (χ3n) is 2.64. The van der Waals surface area contributed by atoms with E-state index in [1.807, 2.05) is 18.2 Å². The van der Waals surface area contributed by atoms with Crippen molar-refractivity contribution in [2.45, 2.75) is 11.8 Å². The summed E-state index contributed by atoms with van der Waals surface area (Å²) in [5.41, 5.74) is 0.912. The number of thioether (sulfide) groups is 1. The molecule has 0 aliphatic rings. The molecule has 0 aliphatic heterocycles. The fourth-order valence-electron chi connectivity index (χ4n) is 1.75. The van der Waals surface area contributed by atoms with Crippen molar-refractivity contribution >= 4 is 40.9 Å². The van der Waals surface area contributed by atoms with E-state index in [-0.39, 0.29) is 23.0 Å². The number of nitrogens with one attached hydrogen (secondary N) is 2. The maximum atomic E-state index is 11.9. The van der Waals surface area contributed by atoms with E-state index >= 15 is 0 Å². The van der Waals surface area contributed by atoms with Crippen LogP contribution in [0.25, 0.3) is 0 Å². The van der Waals surface area contributed by atoms with Gasteiger partial charge in [0.05, 0.1) is 16.5 Å². The summed E-state index contributed by atoms with van der Waals surface area (Å²) < 4.78 is 0. The largest absolute Gasteiger partial charge is 0.477 e. The molecule has 1 amide bonds. The third-order valence-corrected chi connectivity index (χ3v) is 4.15. The number of aromatic amines is 1. The van der Waals surface area contributed by atoms with Crippen LogP contribution in [0.1, 0.15) is 16.2 Å². The topological polar surface area (TPSA) is 82.2 Å². The maximum absolute atomic E-state index is 11.9. The number of halogens is 1. The molecule has 0 bridgehead atoms. The van der Waals surface area contributed by atoms with Crippen LogP contribution >= 0.6 is 23.4 Å². The number of carbonyl (C=O) groups is 2. The number of amides is 1. The van der Waals surface area contributed by atoms with Crippen molar-refractivity contribution in [2.75, 3.05) is 11.1 Å². The van der Waals surface area contributed by atoms with Gasteiger partial charge >= 0.3 is 5.97 Å². The summed E-state index contributed by atoms with van der Waals surface area (Å²) in [7, 11) is 0. The maximum Gasteiger partial charge on any atom is 0.354 e. The summed E-state index contributed by atoms with van der Waals surface area (Å²) in [5.74, 6) is -1.26. The van der Waals surface area contributed by atoms with Crippen LogP contribution in [-0.4, -0.2) is 27.7 Å². The number of aryl methyl sites for hydroxylation is 1. The number of aromatic carboxylic acids is 1. The first kappa shape index (κ1) is 15.5. The Morgan fingerprint density at radius 1 is 1.38 bits per heavy atom. The van der Waals surface area contributed by atoms with Crippen molar-refractivity contribution in [2.24, 2.45) is 0 Å². The number of hydrogen-bond acceptors (Lipinski definition) is 3. The lowest BCUT2D eigenvalue weighted by molar-refractivity contribution is -0.113. The van der Waals surface area contributed by atoms with E-state index in [0.717, 1.165) is 4.90 Å². The Kier molecular flexibility index (Phi) is 4.93. The van der Waals surface area contributed by atoms with Crippen LogP contribution in [0, 0.1) is 6.92 Å². The lowest BCUT2D eigenvalue weighted by atomic mass is 10.3. The molecule has 5 nitrogen and oxygen atoms in total. The Morgan fingerprint density at radius 3 is 2.76 bits per heavy atom. The molecule has 0 spiro atoms. The lowest BCUT2D eigenvalue weighted by Gasteiger charge is -2.05. The predicted molar refractivity (Wildman–Crippen MR) is 83.3 cm³/mol. The average Bonchev–Trinajstić information content (AvgIpc) is 2.79. The zero-order valence-electron chi connectivity index (χ0n) is 11.1. The number of hydrogen-bond donors (Lipinski definition) is 3. The molecule has 21 heavy (non-hydrogen) atoms. The molecular weight excluding hydrogens is 312 g/mol. The van der Waals surface area contributed by atoms with Crippen LogP contribution in [0.2, 0.25) is 5.02 Å². The van der Waals surface area contributed by atoms with Crippen molar-refractivity contribution in [1.82, 2.24) is 4.98 Å². The number of carboxylic acids is 1. The molecule has 1 aromatic heterocycles. The van der Waals surface area contributed by atoms with Gasteiger partial charge in [0.2, 0.25) is 5.91 Å². The Labute approximate surface area is 130 Å². The summed E-state index contributed by atoms with van der Waals surface area (Å²) in [6, 6.07) is 8.81.